The number of carbonyl (C=O) groups is 1. The van der Waals surface area contributed by atoms with Gasteiger partial charge in [-0.05, 0) is 85.6 Å². The fraction of sp³-hybridized carbons (Fsp3) is 0.345. The zero-order valence-corrected chi connectivity index (χ0v) is 21.6. The number of ether oxygens (including phenoxy) is 2. The Kier molecular flexibility index (Phi) is 8.72. The van der Waals surface area contributed by atoms with Crippen LogP contribution in [0.4, 0.5) is 0 Å². The predicted molar refractivity (Wildman–Crippen MR) is 143 cm³/mol. The summed E-state index contributed by atoms with van der Waals surface area (Å²) in [5.74, 6) is 2.24. The highest BCUT2D eigenvalue weighted by Gasteiger charge is 2.23. The Bertz CT molecular complexity index is 1100. The summed E-state index contributed by atoms with van der Waals surface area (Å²) < 4.78 is 11.1. The Labute approximate surface area is 212 Å². The van der Waals surface area contributed by atoms with Crippen LogP contribution >= 0.6 is 11.8 Å². The molecule has 4 rings (SSSR count). The first-order valence-electron chi connectivity index (χ1n) is 12.0. The van der Waals surface area contributed by atoms with E-state index in [4.69, 9.17) is 9.47 Å². The Hall–Kier alpha value is -2.96. The molecular formula is C29H34N2O3S. The summed E-state index contributed by atoms with van der Waals surface area (Å²) in [6.45, 7) is 3.41. The number of nitrogens with zero attached hydrogens (tertiary/aromatic N) is 1. The maximum absolute atomic E-state index is 12.5. The summed E-state index contributed by atoms with van der Waals surface area (Å²) in [5.41, 5.74) is 4.29. The van der Waals surface area contributed by atoms with E-state index in [0.29, 0.717) is 18.0 Å². The van der Waals surface area contributed by atoms with Gasteiger partial charge in [0, 0.05) is 23.5 Å². The molecule has 3 aromatic rings. The Morgan fingerprint density at radius 1 is 0.971 bits per heavy atom. The molecule has 6 heteroatoms. The molecule has 1 aliphatic rings. The molecule has 1 N–H and O–H groups in total. The van der Waals surface area contributed by atoms with Crippen LogP contribution in [-0.2, 0) is 13.1 Å². The molecule has 0 saturated carbocycles. The molecule has 0 spiro atoms. The van der Waals surface area contributed by atoms with Crippen molar-refractivity contribution in [2.75, 3.05) is 33.6 Å². The van der Waals surface area contributed by atoms with Gasteiger partial charge in [0.2, 0.25) is 0 Å². The first-order chi connectivity index (χ1) is 17.1. The van der Waals surface area contributed by atoms with Crippen molar-refractivity contribution >= 4 is 17.7 Å². The smallest absolute Gasteiger partial charge is 0.251 e. The Morgan fingerprint density at radius 3 is 2.26 bits per heavy atom. The van der Waals surface area contributed by atoms with E-state index < -0.39 is 0 Å². The van der Waals surface area contributed by atoms with Gasteiger partial charge >= 0.3 is 0 Å². The largest absolute Gasteiger partial charge is 0.496 e. The first kappa shape index (κ1) is 25.1. The van der Waals surface area contributed by atoms with Crippen LogP contribution in [0.1, 0.15) is 45.8 Å². The molecule has 3 aromatic carbocycles. The number of nitrogens with one attached hydrogen (secondary N) is 1. The van der Waals surface area contributed by atoms with Gasteiger partial charge in [-0.3, -0.25) is 9.69 Å². The second kappa shape index (κ2) is 12.1. The van der Waals surface area contributed by atoms with E-state index in [1.807, 2.05) is 48.7 Å². The lowest BCUT2D eigenvalue weighted by atomic mass is 9.88. The van der Waals surface area contributed by atoms with Gasteiger partial charge in [-0.2, -0.15) is 0 Å². The van der Waals surface area contributed by atoms with Crippen LogP contribution in [0, 0.1) is 0 Å². The lowest BCUT2D eigenvalue weighted by molar-refractivity contribution is 0.0951. The van der Waals surface area contributed by atoms with Crippen molar-refractivity contribution in [1.29, 1.82) is 0 Å². The van der Waals surface area contributed by atoms with Crippen molar-refractivity contribution in [2.24, 2.45) is 0 Å². The van der Waals surface area contributed by atoms with Crippen molar-refractivity contribution in [3.05, 3.63) is 89.0 Å². The Morgan fingerprint density at radius 2 is 1.63 bits per heavy atom. The average Bonchev–Trinajstić information content (AvgIpc) is 2.92. The van der Waals surface area contributed by atoms with Gasteiger partial charge in [0.25, 0.3) is 5.91 Å². The molecule has 5 nitrogen and oxygen atoms in total. The minimum Gasteiger partial charge on any atom is -0.496 e. The lowest BCUT2D eigenvalue weighted by Crippen LogP contribution is -2.32. The molecule has 184 valence electrons. The average molecular weight is 491 g/mol. The number of hydrogen-bond donors (Lipinski definition) is 1. The normalized spacial score (nSPS) is 14.5. The number of thioether (sulfide) groups is 1. The number of hydrogen-bond acceptors (Lipinski definition) is 5. The highest BCUT2D eigenvalue weighted by Crippen LogP contribution is 2.33. The van der Waals surface area contributed by atoms with E-state index in [1.54, 1.807) is 26.0 Å². The standard InChI is InChI=1S/C29H34N2O3S/c1-33-27-8-5-9-28(34-2)26(27)20-31-16-14-22(15-17-31)24-7-4-6-21(18-24)19-30-29(32)23-10-12-25(35-3)13-11-23/h4-13,18,22H,14-17,19-20H2,1-3H3,(H,30,32). The van der Waals surface area contributed by atoms with Crippen LogP contribution in [0.15, 0.2) is 71.6 Å². The molecule has 35 heavy (non-hydrogen) atoms. The predicted octanol–water partition coefficient (Wildman–Crippen LogP) is 5.74. The number of piperidine rings is 1. The third kappa shape index (κ3) is 6.38. The maximum atomic E-state index is 12.5. The van der Waals surface area contributed by atoms with Crippen LogP contribution in [0.2, 0.25) is 0 Å². The minimum absolute atomic E-state index is 0.0388. The molecule has 1 saturated heterocycles. The van der Waals surface area contributed by atoms with E-state index in [2.05, 4.69) is 34.5 Å². The monoisotopic (exact) mass is 490 g/mol. The molecule has 1 fully saturated rings. The van der Waals surface area contributed by atoms with Crippen molar-refractivity contribution in [1.82, 2.24) is 10.2 Å². The van der Waals surface area contributed by atoms with E-state index in [-0.39, 0.29) is 5.91 Å². The molecule has 0 unspecified atom stereocenters. The van der Waals surface area contributed by atoms with E-state index in [0.717, 1.165) is 60.0 Å². The van der Waals surface area contributed by atoms with E-state index in [1.165, 1.54) is 5.56 Å². The zero-order valence-electron chi connectivity index (χ0n) is 20.8. The summed E-state index contributed by atoms with van der Waals surface area (Å²) in [5, 5.41) is 3.06. The van der Waals surface area contributed by atoms with Crippen molar-refractivity contribution < 1.29 is 14.3 Å². The van der Waals surface area contributed by atoms with Gasteiger partial charge in [0.05, 0.1) is 19.8 Å². The van der Waals surface area contributed by atoms with Crippen molar-refractivity contribution in [3.8, 4) is 11.5 Å². The van der Waals surface area contributed by atoms with Gasteiger partial charge in [0.15, 0.2) is 0 Å². The second-order valence-electron chi connectivity index (χ2n) is 8.85. The molecule has 0 atom stereocenters. The zero-order chi connectivity index (χ0) is 24.6. The SMILES string of the molecule is COc1cccc(OC)c1CN1CCC(c2cccc(CNC(=O)c3ccc(SC)cc3)c2)CC1. The first-order valence-corrected chi connectivity index (χ1v) is 13.3. The van der Waals surface area contributed by atoms with Crippen LogP contribution in [0.5, 0.6) is 11.5 Å². The molecular weight excluding hydrogens is 456 g/mol. The number of methoxy groups -OCH3 is 2. The summed E-state index contributed by atoms with van der Waals surface area (Å²) in [4.78, 5) is 16.2. The lowest BCUT2D eigenvalue weighted by Gasteiger charge is -2.33. The van der Waals surface area contributed by atoms with Gasteiger partial charge in [0.1, 0.15) is 11.5 Å². The molecule has 0 radical (unpaired) electrons. The number of rotatable bonds is 9. The maximum Gasteiger partial charge on any atom is 0.251 e. The van der Waals surface area contributed by atoms with Gasteiger partial charge in [-0.15, -0.1) is 11.8 Å². The molecule has 1 amide bonds. The third-order valence-electron chi connectivity index (χ3n) is 6.73. The quantitative estimate of drug-likeness (QED) is 0.388. The van der Waals surface area contributed by atoms with Gasteiger partial charge < -0.3 is 14.8 Å². The summed E-state index contributed by atoms with van der Waals surface area (Å²) in [6.07, 6.45) is 4.24. The molecule has 1 heterocycles. The summed E-state index contributed by atoms with van der Waals surface area (Å²) >= 11 is 1.67. The molecule has 0 aromatic heterocycles. The third-order valence-corrected chi connectivity index (χ3v) is 7.47. The highest BCUT2D eigenvalue weighted by atomic mass is 32.2. The Balaban J connectivity index is 1.32. The number of amides is 1. The fourth-order valence-electron chi connectivity index (χ4n) is 4.72. The van der Waals surface area contributed by atoms with Crippen molar-refractivity contribution in [2.45, 2.75) is 36.7 Å². The van der Waals surface area contributed by atoms with Crippen LogP contribution in [-0.4, -0.2) is 44.4 Å². The number of likely N-dealkylation sites (tertiary alicyclic amines) is 1. The number of carbonyl (C=O) groups excluding carboxylic acids is 1. The minimum atomic E-state index is -0.0388. The second-order valence-corrected chi connectivity index (χ2v) is 9.73. The molecule has 0 aliphatic carbocycles. The van der Waals surface area contributed by atoms with Gasteiger partial charge in [-0.1, -0.05) is 30.3 Å². The van der Waals surface area contributed by atoms with Gasteiger partial charge in [-0.25, -0.2) is 0 Å². The fourth-order valence-corrected chi connectivity index (χ4v) is 5.12. The molecule has 1 aliphatic heterocycles. The summed E-state index contributed by atoms with van der Waals surface area (Å²) in [7, 11) is 3.42. The van der Waals surface area contributed by atoms with Crippen LogP contribution < -0.4 is 14.8 Å². The van der Waals surface area contributed by atoms with Crippen LogP contribution in [0.3, 0.4) is 0 Å². The summed E-state index contributed by atoms with van der Waals surface area (Å²) in [6, 6.07) is 22.3. The van der Waals surface area contributed by atoms with Crippen LogP contribution in [0.25, 0.3) is 0 Å². The van der Waals surface area contributed by atoms with Crippen molar-refractivity contribution in [3.63, 3.8) is 0 Å². The number of benzene rings is 3. The van der Waals surface area contributed by atoms with E-state index >= 15 is 0 Å². The topological polar surface area (TPSA) is 50.8 Å². The van der Waals surface area contributed by atoms with E-state index in [9.17, 15) is 4.79 Å². The molecule has 0 bridgehead atoms. The highest BCUT2D eigenvalue weighted by molar-refractivity contribution is 7.98.